The molecule has 0 bridgehead atoms. The van der Waals surface area contributed by atoms with E-state index >= 15 is 0 Å². The van der Waals surface area contributed by atoms with E-state index in [9.17, 15) is 0 Å². The van der Waals surface area contributed by atoms with Crippen molar-refractivity contribution in [1.29, 1.82) is 0 Å². The Hall–Kier alpha value is -1.35. The van der Waals surface area contributed by atoms with E-state index in [1.54, 1.807) is 0 Å². The molecule has 0 saturated heterocycles. The summed E-state index contributed by atoms with van der Waals surface area (Å²) in [6.45, 7) is 7.42. The summed E-state index contributed by atoms with van der Waals surface area (Å²) in [6, 6.07) is 8.40. The third-order valence-electron chi connectivity index (χ3n) is 3.17. The number of unbranched alkanes of at least 4 members (excludes halogenated alkanes) is 1. The molecular weight excluding hydrogens is 222 g/mol. The van der Waals surface area contributed by atoms with E-state index in [0.29, 0.717) is 0 Å². The molecule has 18 heavy (non-hydrogen) atoms. The first-order valence-corrected chi connectivity index (χ1v) is 7.01. The highest BCUT2D eigenvalue weighted by Crippen LogP contribution is 2.16. The Bertz CT molecular complexity index is 487. The molecule has 0 aliphatic rings. The predicted octanol–water partition coefficient (Wildman–Crippen LogP) is 3.34. The van der Waals surface area contributed by atoms with E-state index in [4.69, 9.17) is 4.98 Å². The summed E-state index contributed by atoms with van der Waals surface area (Å²) in [5.41, 5.74) is 2.37. The maximum atomic E-state index is 4.73. The standard InChI is InChI=1S/C15H23N3/c1-3-5-10-16-12-15-17-13-8-6-7-9-14(13)18(15)11-4-2/h6-9,16H,3-5,10-12H2,1-2H3. The number of nitrogens with one attached hydrogen (secondary N) is 1. The van der Waals surface area contributed by atoms with Crippen LogP contribution in [0.4, 0.5) is 0 Å². The van der Waals surface area contributed by atoms with Gasteiger partial charge in [0.05, 0.1) is 17.6 Å². The van der Waals surface area contributed by atoms with Gasteiger partial charge in [-0.2, -0.15) is 0 Å². The molecule has 0 radical (unpaired) electrons. The molecule has 0 spiro atoms. The number of aryl methyl sites for hydroxylation is 1. The molecule has 0 aliphatic carbocycles. The smallest absolute Gasteiger partial charge is 0.123 e. The van der Waals surface area contributed by atoms with Crippen molar-refractivity contribution in [2.75, 3.05) is 6.54 Å². The molecule has 1 aromatic carbocycles. The average molecular weight is 245 g/mol. The fraction of sp³-hybridized carbons (Fsp3) is 0.533. The summed E-state index contributed by atoms with van der Waals surface area (Å²) in [7, 11) is 0. The molecule has 0 amide bonds. The van der Waals surface area contributed by atoms with Gasteiger partial charge in [-0.15, -0.1) is 0 Å². The van der Waals surface area contributed by atoms with Crippen LogP contribution >= 0.6 is 0 Å². The lowest BCUT2D eigenvalue weighted by Crippen LogP contribution is -2.18. The molecule has 3 heteroatoms. The molecule has 2 aromatic rings. The molecule has 0 atom stereocenters. The number of nitrogens with zero attached hydrogens (tertiary/aromatic N) is 2. The lowest BCUT2D eigenvalue weighted by Gasteiger charge is -2.08. The molecule has 0 unspecified atom stereocenters. The summed E-state index contributed by atoms with van der Waals surface area (Å²) >= 11 is 0. The largest absolute Gasteiger partial charge is 0.327 e. The third-order valence-corrected chi connectivity index (χ3v) is 3.17. The lowest BCUT2D eigenvalue weighted by molar-refractivity contribution is 0.583. The Morgan fingerprint density at radius 3 is 2.78 bits per heavy atom. The summed E-state index contributed by atoms with van der Waals surface area (Å²) in [5, 5.41) is 3.48. The highest BCUT2D eigenvalue weighted by molar-refractivity contribution is 5.75. The zero-order chi connectivity index (χ0) is 12.8. The molecule has 0 saturated carbocycles. The minimum Gasteiger partial charge on any atom is -0.327 e. The highest BCUT2D eigenvalue weighted by atomic mass is 15.1. The van der Waals surface area contributed by atoms with Crippen molar-refractivity contribution in [1.82, 2.24) is 14.9 Å². The lowest BCUT2D eigenvalue weighted by atomic mass is 10.3. The van der Waals surface area contributed by atoms with Crippen LogP contribution in [0.15, 0.2) is 24.3 Å². The Morgan fingerprint density at radius 2 is 2.00 bits per heavy atom. The topological polar surface area (TPSA) is 29.9 Å². The van der Waals surface area contributed by atoms with Crippen LogP contribution in [0.25, 0.3) is 11.0 Å². The van der Waals surface area contributed by atoms with Crippen molar-refractivity contribution in [3.63, 3.8) is 0 Å². The summed E-state index contributed by atoms with van der Waals surface area (Å²) < 4.78 is 2.34. The van der Waals surface area contributed by atoms with E-state index in [2.05, 4.69) is 48.0 Å². The van der Waals surface area contributed by atoms with Gasteiger partial charge in [0.1, 0.15) is 5.82 Å². The van der Waals surface area contributed by atoms with Gasteiger partial charge in [-0.3, -0.25) is 0 Å². The quantitative estimate of drug-likeness (QED) is 0.758. The summed E-state index contributed by atoms with van der Waals surface area (Å²) in [4.78, 5) is 4.73. The van der Waals surface area contributed by atoms with Gasteiger partial charge >= 0.3 is 0 Å². The van der Waals surface area contributed by atoms with E-state index in [1.165, 1.54) is 18.4 Å². The monoisotopic (exact) mass is 245 g/mol. The zero-order valence-corrected chi connectivity index (χ0v) is 11.4. The fourth-order valence-electron chi connectivity index (χ4n) is 2.24. The van der Waals surface area contributed by atoms with Crippen LogP contribution in [-0.4, -0.2) is 16.1 Å². The van der Waals surface area contributed by atoms with E-state index in [0.717, 1.165) is 37.4 Å². The van der Waals surface area contributed by atoms with Crippen LogP contribution < -0.4 is 5.32 Å². The van der Waals surface area contributed by atoms with Crippen LogP contribution in [0.1, 0.15) is 38.9 Å². The second-order valence-electron chi connectivity index (χ2n) is 4.70. The SMILES string of the molecule is CCCCNCc1nc2ccccc2n1CCC. The number of imidazole rings is 1. The number of para-hydroxylation sites is 2. The van der Waals surface area contributed by atoms with Crippen molar-refractivity contribution in [3.8, 4) is 0 Å². The van der Waals surface area contributed by atoms with Crippen LogP contribution in [0.3, 0.4) is 0 Å². The molecule has 3 nitrogen and oxygen atoms in total. The fourth-order valence-corrected chi connectivity index (χ4v) is 2.24. The first kappa shape index (κ1) is 13.1. The molecule has 1 N–H and O–H groups in total. The van der Waals surface area contributed by atoms with Crippen LogP contribution in [0.5, 0.6) is 0 Å². The van der Waals surface area contributed by atoms with E-state index < -0.39 is 0 Å². The number of benzene rings is 1. The van der Waals surface area contributed by atoms with Crippen molar-refractivity contribution in [2.24, 2.45) is 0 Å². The van der Waals surface area contributed by atoms with Crippen molar-refractivity contribution in [2.45, 2.75) is 46.2 Å². The number of rotatable bonds is 7. The zero-order valence-electron chi connectivity index (χ0n) is 11.4. The highest BCUT2D eigenvalue weighted by Gasteiger charge is 2.08. The summed E-state index contributed by atoms with van der Waals surface area (Å²) in [6.07, 6.45) is 3.61. The average Bonchev–Trinajstić information content (AvgIpc) is 2.74. The molecule has 0 aliphatic heterocycles. The second kappa shape index (κ2) is 6.55. The van der Waals surface area contributed by atoms with Gasteiger partial charge < -0.3 is 9.88 Å². The minimum absolute atomic E-state index is 0.870. The van der Waals surface area contributed by atoms with E-state index in [1.807, 2.05) is 0 Å². The second-order valence-corrected chi connectivity index (χ2v) is 4.70. The van der Waals surface area contributed by atoms with Gasteiger partial charge in [0.25, 0.3) is 0 Å². The van der Waals surface area contributed by atoms with Gasteiger partial charge in [-0.25, -0.2) is 4.98 Å². The Labute approximate surface area is 109 Å². The Balaban J connectivity index is 2.17. The van der Waals surface area contributed by atoms with Crippen molar-refractivity contribution < 1.29 is 0 Å². The molecule has 1 heterocycles. The van der Waals surface area contributed by atoms with Gasteiger partial charge in [0.2, 0.25) is 0 Å². The first-order chi connectivity index (χ1) is 8.86. The molecule has 0 fully saturated rings. The number of aromatic nitrogens is 2. The van der Waals surface area contributed by atoms with Gasteiger partial charge in [-0.1, -0.05) is 32.4 Å². The first-order valence-electron chi connectivity index (χ1n) is 7.01. The van der Waals surface area contributed by atoms with Crippen molar-refractivity contribution >= 4 is 11.0 Å². The van der Waals surface area contributed by atoms with Gasteiger partial charge in [0.15, 0.2) is 0 Å². The van der Waals surface area contributed by atoms with Gasteiger partial charge in [0, 0.05) is 6.54 Å². The Morgan fingerprint density at radius 1 is 1.17 bits per heavy atom. The van der Waals surface area contributed by atoms with E-state index in [-0.39, 0.29) is 0 Å². The number of fused-ring (bicyclic) bond motifs is 1. The third kappa shape index (κ3) is 2.91. The minimum atomic E-state index is 0.870. The van der Waals surface area contributed by atoms with Gasteiger partial charge in [-0.05, 0) is 31.5 Å². The van der Waals surface area contributed by atoms with Crippen LogP contribution in [0.2, 0.25) is 0 Å². The normalized spacial score (nSPS) is 11.2. The molecule has 2 rings (SSSR count). The van der Waals surface area contributed by atoms with Crippen molar-refractivity contribution in [3.05, 3.63) is 30.1 Å². The number of hydrogen-bond acceptors (Lipinski definition) is 2. The Kier molecular flexibility index (Phi) is 4.76. The van der Waals surface area contributed by atoms with Crippen LogP contribution in [-0.2, 0) is 13.1 Å². The maximum absolute atomic E-state index is 4.73. The van der Waals surface area contributed by atoms with Crippen LogP contribution in [0, 0.1) is 0 Å². The molecule has 98 valence electrons. The predicted molar refractivity (Wildman–Crippen MR) is 76.6 cm³/mol. The number of hydrogen-bond donors (Lipinski definition) is 1. The molecule has 1 aromatic heterocycles. The summed E-state index contributed by atoms with van der Waals surface area (Å²) in [5.74, 6) is 1.16. The maximum Gasteiger partial charge on any atom is 0.123 e. The molecular formula is C15H23N3.